The molecule has 0 saturated carbocycles. The zero-order valence-corrected chi connectivity index (χ0v) is 16.0. The Morgan fingerprint density at radius 2 is 2.18 bits per heavy atom. The van der Waals surface area contributed by atoms with Crippen LogP contribution in [0.2, 0.25) is 0 Å². The quantitative estimate of drug-likeness (QED) is 0.451. The molecule has 0 atom stereocenters. The number of anilines is 1. The summed E-state index contributed by atoms with van der Waals surface area (Å²) in [7, 11) is 0. The lowest BCUT2D eigenvalue weighted by atomic mass is 10.2. The number of aromatic amines is 1. The first kappa shape index (κ1) is 19.9. The van der Waals surface area contributed by atoms with Gasteiger partial charge in [0.15, 0.2) is 0 Å². The van der Waals surface area contributed by atoms with Crippen LogP contribution < -0.4 is 11.1 Å². The molecule has 0 spiro atoms. The van der Waals surface area contributed by atoms with Gasteiger partial charge in [-0.2, -0.15) is 4.98 Å². The number of hydrogen-bond donors (Lipinski definition) is 3. The topological polar surface area (TPSA) is 134 Å². The van der Waals surface area contributed by atoms with E-state index in [9.17, 15) is 18.8 Å². The summed E-state index contributed by atoms with van der Waals surface area (Å²) in [5.41, 5.74) is 5.62. The largest absolute Gasteiger partial charge is 0.368 e. The van der Waals surface area contributed by atoms with Crippen LogP contribution in [0.15, 0.2) is 34.3 Å². The smallest absolute Gasteiger partial charge is 0.293 e. The minimum Gasteiger partial charge on any atom is -0.368 e. The van der Waals surface area contributed by atoms with Crippen molar-refractivity contribution in [2.24, 2.45) is 0 Å². The average Bonchev–Trinajstić information content (AvgIpc) is 3.19. The summed E-state index contributed by atoms with van der Waals surface area (Å²) in [6.07, 6.45) is 1.35. The van der Waals surface area contributed by atoms with Gasteiger partial charge in [-0.25, -0.2) is 9.49 Å². The lowest BCUT2D eigenvalue weighted by Crippen LogP contribution is -2.37. The number of hydrogen-bond acceptors (Lipinski definition) is 8. The fourth-order valence-corrected chi connectivity index (χ4v) is 3.73. The summed E-state index contributed by atoms with van der Waals surface area (Å²) in [5.74, 6) is -1.08. The van der Waals surface area contributed by atoms with Crippen molar-refractivity contribution in [1.82, 2.24) is 25.4 Å². The van der Waals surface area contributed by atoms with Crippen molar-refractivity contribution in [3.8, 4) is 0 Å². The maximum absolute atomic E-state index is 13.7. The van der Waals surface area contributed by atoms with E-state index < -0.39 is 17.0 Å². The molecule has 1 aliphatic rings. The molecule has 2 heterocycles. The fourth-order valence-electron chi connectivity index (χ4n) is 2.24. The van der Waals surface area contributed by atoms with Crippen molar-refractivity contribution in [3.63, 3.8) is 0 Å². The third-order valence-corrected chi connectivity index (χ3v) is 5.29. The Bertz CT molecular complexity index is 948. The Labute approximate surface area is 167 Å². The molecule has 3 rings (SSSR count). The SMILES string of the molecule is Nc1nc(SCC(=O)NCCN2C(=O)SC(=Cc3ccccc3F)C2=O)n[nH]1. The third-order valence-electron chi connectivity index (χ3n) is 3.54. The molecule has 1 aliphatic heterocycles. The molecule has 0 radical (unpaired) electrons. The van der Waals surface area contributed by atoms with Crippen LogP contribution in [0, 0.1) is 5.82 Å². The number of carbonyl (C=O) groups excluding carboxylic acids is 3. The molecule has 12 heteroatoms. The number of benzene rings is 1. The number of amides is 3. The zero-order valence-electron chi connectivity index (χ0n) is 14.3. The highest BCUT2D eigenvalue weighted by Gasteiger charge is 2.34. The van der Waals surface area contributed by atoms with Gasteiger partial charge in [0, 0.05) is 18.7 Å². The number of halogens is 1. The van der Waals surface area contributed by atoms with E-state index in [1.165, 1.54) is 24.3 Å². The van der Waals surface area contributed by atoms with E-state index in [-0.39, 0.29) is 41.2 Å². The van der Waals surface area contributed by atoms with E-state index >= 15 is 0 Å². The van der Waals surface area contributed by atoms with Crippen LogP contribution in [0.1, 0.15) is 5.56 Å². The van der Waals surface area contributed by atoms with Gasteiger partial charge in [-0.3, -0.25) is 19.3 Å². The number of nitrogens with one attached hydrogen (secondary N) is 2. The van der Waals surface area contributed by atoms with Crippen LogP contribution in [0.5, 0.6) is 0 Å². The van der Waals surface area contributed by atoms with Crippen molar-refractivity contribution in [1.29, 1.82) is 0 Å². The van der Waals surface area contributed by atoms with E-state index in [1.807, 2.05) is 0 Å². The van der Waals surface area contributed by atoms with Crippen molar-refractivity contribution in [2.45, 2.75) is 5.16 Å². The van der Waals surface area contributed by atoms with Crippen molar-refractivity contribution in [3.05, 3.63) is 40.6 Å². The minimum absolute atomic E-state index is 0.0172. The Morgan fingerprint density at radius 3 is 2.89 bits per heavy atom. The van der Waals surface area contributed by atoms with E-state index in [1.54, 1.807) is 6.07 Å². The van der Waals surface area contributed by atoms with Crippen LogP contribution in [-0.2, 0) is 9.59 Å². The summed E-state index contributed by atoms with van der Waals surface area (Å²) < 4.78 is 13.7. The van der Waals surface area contributed by atoms with Gasteiger partial charge < -0.3 is 11.1 Å². The standard InChI is InChI=1S/C16H15FN6O3S2/c17-10-4-2-1-3-9(10)7-11-13(25)23(16(26)28-11)6-5-19-12(24)8-27-15-20-14(18)21-22-15/h1-4,7H,5-6,8H2,(H,19,24)(H3,18,20,21,22). The molecule has 0 aliphatic carbocycles. The molecule has 28 heavy (non-hydrogen) atoms. The number of thioether (sulfide) groups is 2. The number of H-pyrrole nitrogens is 1. The monoisotopic (exact) mass is 422 g/mol. The zero-order chi connectivity index (χ0) is 20.1. The lowest BCUT2D eigenvalue weighted by molar-refractivity contribution is -0.123. The number of imide groups is 1. The highest BCUT2D eigenvalue weighted by Crippen LogP contribution is 2.32. The van der Waals surface area contributed by atoms with Crippen molar-refractivity contribution in [2.75, 3.05) is 24.6 Å². The predicted molar refractivity (Wildman–Crippen MR) is 104 cm³/mol. The number of rotatable bonds is 7. The van der Waals surface area contributed by atoms with Crippen LogP contribution in [0.3, 0.4) is 0 Å². The number of aromatic nitrogens is 3. The molecule has 1 aromatic heterocycles. The highest BCUT2D eigenvalue weighted by atomic mass is 32.2. The first-order valence-corrected chi connectivity index (χ1v) is 9.81. The van der Waals surface area contributed by atoms with Gasteiger partial charge in [-0.15, -0.1) is 5.10 Å². The van der Waals surface area contributed by atoms with Crippen molar-refractivity contribution < 1.29 is 18.8 Å². The van der Waals surface area contributed by atoms with Gasteiger partial charge in [0.2, 0.25) is 17.0 Å². The van der Waals surface area contributed by atoms with Gasteiger partial charge >= 0.3 is 0 Å². The molecular formula is C16H15FN6O3S2. The molecule has 1 saturated heterocycles. The Balaban J connectivity index is 1.49. The molecule has 1 fully saturated rings. The molecule has 2 aromatic rings. The molecule has 3 amide bonds. The van der Waals surface area contributed by atoms with Gasteiger partial charge in [0.05, 0.1) is 10.7 Å². The highest BCUT2D eigenvalue weighted by molar-refractivity contribution is 8.18. The number of nitrogens with zero attached hydrogens (tertiary/aromatic N) is 3. The van der Waals surface area contributed by atoms with Crippen LogP contribution in [0.25, 0.3) is 6.08 Å². The van der Waals surface area contributed by atoms with Crippen LogP contribution >= 0.6 is 23.5 Å². The molecule has 1 aromatic carbocycles. The summed E-state index contributed by atoms with van der Waals surface area (Å²) in [6, 6.07) is 5.97. The molecule has 146 valence electrons. The second-order valence-electron chi connectivity index (χ2n) is 5.50. The summed E-state index contributed by atoms with van der Waals surface area (Å²) >= 11 is 1.83. The number of nitrogens with two attached hydrogens (primary N) is 1. The number of nitrogen functional groups attached to an aromatic ring is 1. The van der Waals surface area contributed by atoms with E-state index in [0.717, 1.165) is 28.4 Å². The molecule has 9 nitrogen and oxygen atoms in total. The first-order chi connectivity index (χ1) is 13.4. The Morgan fingerprint density at radius 1 is 1.39 bits per heavy atom. The number of carbonyl (C=O) groups is 3. The Kier molecular flexibility index (Phi) is 6.31. The normalized spacial score (nSPS) is 15.5. The predicted octanol–water partition coefficient (Wildman–Crippen LogP) is 1.47. The summed E-state index contributed by atoms with van der Waals surface area (Å²) in [6.45, 7) is 0.115. The minimum atomic E-state index is -0.516. The average molecular weight is 422 g/mol. The second-order valence-corrected chi connectivity index (χ2v) is 7.43. The maximum Gasteiger partial charge on any atom is 0.293 e. The lowest BCUT2D eigenvalue weighted by Gasteiger charge is -2.12. The van der Waals surface area contributed by atoms with E-state index in [0.29, 0.717) is 5.16 Å². The second kappa shape index (κ2) is 8.89. The molecule has 0 bridgehead atoms. The van der Waals surface area contributed by atoms with Crippen molar-refractivity contribution >= 4 is 52.6 Å². The fraction of sp³-hybridized carbons (Fsp3) is 0.188. The van der Waals surface area contributed by atoms with E-state index in [2.05, 4.69) is 20.5 Å². The molecule has 4 N–H and O–H groups in total. The summed E-state index contributed by atoms with van der Waals surface area (Å²) in [4.78, 5) is 41.2. The summed E-state index contributed by atoms with van der Waals surface area (Å²) in [5, 5.41) is 8.74. The first-order valence-electron chi connectivity index (χ1n) is 8.01. The van der Waals surface area contributed by atoms with Gasteiger partial charge in [0.25, 0.3) is 11.1 Å². The Hall–Kier alpha value is -2.86. The van der Waals surface area contributed by atoms with Gasteiger partial charge in [-0.05, 0) is 23.9 Å². The molecular weight excluding hydrogens is 407 g/mol. The van der Waals surface area contributed by atoms with Gasteiger partial charge in [0.1, 0.15) is 5.82 Å². The molecule has 0 unspecified atom stereocenters. The van der Waals surface area contributed by atoms with E-state index in [4.69, 9.17) is 5.73 Å². The van der Waals surface area contributed by atoms with Gasteiger partial charge in [-0.1, -0.05) is 30.0 Å². The van der Waals surface area contributed by atoms with Crippen LogP contribution in [0.4, 0.5) is 15.1 Å². The maximum atomic E-state index is 13.7. The third kappa shape index (κ3) is 4.89. The van der Waals surface area contributed by atoms with Crippen LogP contribution in [-0.4, -0.2) is 56.0 Å².